The summed E-state index contributed by atoms with van der Waals surface area (Å²) in [5, 5.41) is 5.82. The summed E-state index contributed by atoms with van der Waals surface area (Å²) in [6, 6.07) is 10.3. The van der Waals surface area contributed by atoms with Crippen molar-refractivity contribution in [3.8, 4) is 0 Å². The van der Waals surface area contributed by atoms with Gasteiger partial charge in [-0.05, 0) is 24.8 Å². The predicted octanol–water partition coefficient (Wildman–Crippen LogP) is 1.31. The van der Waals surface area contributed by atoms with E-state index in [1.165, 1.54) is 5.56 Å². The lowest BCUT2D eigenvalue weighted by atomic mass is 10.0. The van der Waals surface area contributed by atoms with Crippen molar-refractivity contribution >= 4 is 12.0 Å². The van der Waals surface area contributed by atoms with Crippen LogP contribution in [0.25, 0.3) is 0 Å². The van der Waals surface area contributed by atoms with Crippen LogP contribution in [-0.2, 0) is 16.0 Å². The van der Waals surface area contributed by atoms with Crippen LogP contribution in [0.2, 0.25) is 0 Å². The number of nitrogens with zero attached hydrogens (tertiary/aromatic N) is 1. The molecule has 2 amide bonds. The van der Waals surface area contributed by atoms with Gasteiger partial charge in [0.1, 0.15) is 6.10 Å². The minimum atomic E-state index is -0.319. The molecule has 6 nitrogen and oxygen atoms in total. The lowest BCUT2D eigenvalue weighted by Gasteiger charge is -2.33. The molecular formula is C18H25N3O3. The van der Waals surface area contributed by atoms with Gasteiger partial charge in [-0.1, -0.05) is 30.3 Å². The highest BCUT2D eigenvalue weighted by atomic mass is 16.6. The van der Waals surface area contributed by atoms with Crippen LogP contribution in [0, 0.1) is 0 Å². The van der Waals surface area contributed by atoms with Crippen LogP contribution in [0.5, 0.6) is 0 Å². The molecule has 0 spiro atoms. The van der Waals surface area contributed by atoms with Crippen molar-refractivity contribution in [1.29, 1.82) is 0 Å². The van der Waals surface area contributed by atoms with Crippen molar-refractivity contribution in [2.45, 2.75) is 37.8 Å². The van der Waals surface area contributed by atoms with E-state index in [0.29, 0.717) is 13.0 Å². The maximum atomic E-state index is 12.1. The lowest BCUT2D eigenvalue weighted by molar-refractivity contribution is -0.122. The number of amides is 2. The van der Waals surface area contributed by atoms with Gasteiger partial charge in [0.15, 0.2) is 0 Å². The van der Waals surface area contributed by atoms with Crippen LogP contribution in [0.4, 0.5) is 4.79 Å². The fourth-order valence-corrected chi connectivity index (χ4v) is 3.28. The van der Waals surface area contributed by atoms with Crippen LogP contribution in [0.1, 0.15) is 24.8 Å². The Balaban J connectivity index is 1.33. The third-order valence-electron chi connectivity index (χ3n) is 4.65. The van der Waals surface area contributed by atoms with E-state index in [2.05, 4.69) is 27.7 Å². The van der Waals surface area contributed by atoms with Gasteiger partial charge in [-0.25, -0.2) is 4.79 Å². The van der Waals surface area contributed by atoms with Gasteiger partial charge in [0, 0.05) is 32.1 Å². The highest BCUT2D eigenvalue weighted by Crippen LogP contribution is 2.13. The number of ether oxygens (including phenoxy) is 1. The largest absolute Gasteiger partial charge is 0.443 e. The van der Waals surface area contributed by atoms with Crippen LogP contribution in [0.3, 0.4) is 0 Å². The zero-order chi connectivity index (χ0) is 16.8. The van der Waals surface area contributed by atoms with Gasteiger partial charge in [-0.3, -0.25) is 9.69 Å². The van der Waals surface area contributed by atoms with Crippen LogP contribution in [-0.4, -0.2) is 55.2 Å². The first-order chi connectivity index (χ1) is 11.7. The maximum absolute atomic E-state index is 12.1. The molecular weight excluding hydrogens is 306 g/mol. The molecule has 24 heavy (non-hydrogen) atoms. The fraction of sp³-hybridized carbons (Fsp3) is 0.556. The van der Waals surface area contributed by atoms with E-state index in [1.807, 2.05) is 18.2 Å². The summed E-state index contributed by atoms with van der Waals surface area (Å²) in [4.78, 5) is 25.4. The van der Waals surface area contributed by atoms with Gasteiger partial charge in [0.2, 0.25) is 5.91 Å². The summed E-state index contributed by atoms with van der Waals surface area (Å²) in [7, 11) is 0. The summed E-state index contributed by atoms with van der Waals surface area (Å²) in [5.41, 5.74) is 1.20. The van der Waals surface area contributed by atoms with Gasteiger partial charge in [-0.15, -0.1) is 0 Å². The second-order valence-corrected chi connectivity index (χ2v) is 6.54. The molecule has 2 saturated heterocycles. The first-order valence-corrected chi connectivity index (χ1v) is 8.69. The Kier molecular flexibility index (Phi) is 5.69. The number of carbonyl (C=O) groups is 2. The summed E-state index contributed by atoms with van der Waals surface area (Å²) in [5.74, 6) is 0.131. The number of aryl methyl sites for hydroxylation is 1. The molecule has 0 unspecified atom stereocenters. The standard InChI is InChI=1S/C18H25N3O3/c22-17(7-6-14-4-2-1-3-5-14)20-15-8-10-21(11-9-15)13-16-12-19-18(23)24-16/h1-5,15-16H,6-13H2,(H,19,23)(H,20,22)/t16-/m1/s1. The van der Waals surface area contributed by atoms with Crippen LogP contribution in [0.15, 0.2) is 30.3 Å². The Morgan fingerprint density at radius 2 is 2.00 bits per heavy atom. The third kappa shape index (κ3) is 4.96. The first kappa shape index (κ1) is 16.8. The van der Waals surface area contributed by atoms with Gasteiger partial charge in [0.25, 0.3) is 0 Å². The number of benzene rings is 1. The molecule has 2 aliphatic heterocycles. The highest BCUT2D eigenvalue weighted by Gasteiger charge is 2.27. The average Bonchev–Trinajstić information content (AvgIpc) is 3.01. The van der Waals surface area contributed by atoms with E-state index < -0.39 is 0 Å². The Morgan fingerprint density at radius 1 is 1.25 bits per heavy atom. The molecule has 130 valence electrons. The zero-order valence-corrected chi connectivity index (χ0v) is 13.9. The monoisotopic (exact) mass is 331 g/mol. The molecule has 1 atom stereocenters. The van der Waals surface area contributed by atoms with Crippen molar-refractivity contribution in [3.63, 3.8) is 0 Å². The maximum Gasteiger partial charge on any atom is 0.407 e. The van der Waals surface area contributed by atoms with Crippen LogP contribution >= 0.6 is 0 Å². The number of piperidine rings is 1. The summed E-state index contributed by atoms with van der Waals surface area (Å²) in [6.07, 6.45) is 2.85. The van der Waals surface area contributed by atoms with Gasteiger partial charge >= 0.3 is 6.09 Å². The van der Waals surface area contributed by atoms with Gasteiger partial charge in [-0.2, -0.15) is 0 Å². The molecule has 0 radical (unpaired) electrons. The SMILES string of the molecule is O=C(CCc1ccccc1)NC1CCN(C[C@H]2CNC(=O)O2)CC1. The Hall–Kier alpha value is -2.08. The molecule has 2 heterocycles. The van der Waals surface area contributed by atoms with Gasteiger partial charge in [0.05, 0.1) is 6.54 Å². The number of hydrogen-bond acceptors (Lipinski definition) is 4. The molecule has 0 aliphatic carbocycles. The van der Waals surface area contributed by atoms with E-state index in [1.54, 1.807) is 0 Å². The molecule has 1 aromatic carbocycles. The normalized spacial score (nSPS) is 22.0. The van der Waals surface area contributed by atoms with Crippen molar-refractivity contribution < 1.29 is 14.3 Å². The third-order valence-corrected chi connectivity index (χ3v) is 4.65. The minimum Gasteiger partial charge on any atom is -0.443 e. The number of cyclic esters (lactones) is 1. The molecule has 2 N–H and O–H groups in total. The summed E-state index contributed by atoms with van der Waals surface area (Å²) in [6.45, 7) is 3.22. The number of hydrogen-bond donors (Lipinski definition) is 2. The number of likely N-dealkylation sites (tertiary alicyclic amines) is 1. The summed E-state index contributed by atoms with van der Waals surface area (Å²) < 4.78 is 5.17. The molecule has 3 rings (SSSR count). The smallest absolute Gasteiger partial charge is 0.407 e. The topological polar surface area (TPSA) is 70.7 Å². The van der Waals surface area contributed by atoms with Crippen LogP contribution < -0.4 is 10.6 Å². The van der Waals surface area contributed by atoms with E-state index in [-0.39, 0.29) is 24.1 Å². The molecule has 2 fully saturated rings. The number of nitrogens with one attached hydrogen (secondary N) is 2. The Morgan fingerprint density at radius 3 is 2.67 bits per heavy atom. The van der Waals surface area contributed by atoms with Crippen molar-refractivity contribution in [2.24, 2.45) is 0 Å². The molecule has 0 aromatic heterocycles. The van der Waals surface area contributed by atoms with E-state index >= 15 is 0 Å². The second kappa shape index (κ2) is 8.15. The van der Waals surface area contributed by atoms with Crippen molar-refractivity contribution in [2.75, 3.05) is 26.2 Å². The quantitative estimate of drug-likeness (QED) is 0.824. The van der Waals surface area contributed by atoms with Crippen molar-refractivity contribution in [3.05, 3.63) is 35.9 Å². The average molecular weight is 331 g/mol. The van der Waals surface area contributed by atoms with Crippen molar-refractivity contribution in [1.82, 2.24) is 15.5 Å². The Labute approximate surface area is 142 Å². The van der Waals surface area contributed by atoms with E-state index in [9.17, 15) is 9.59 Å². The number of carbonyl (C=O) groups excluding carboxylic acids is 2. The van der Waals surface area contributed by atoms with E-state index in [4.69, 9.17) is 4.74 Å². The first-order valence-electron chi connectivity index (χ1n) is 8.69. The predicted molar refractivity (Wildman–Crippen MR) is 90.6 cm³/mol. The van der Waals surface area contributed by atoms with Gasteiger partial charge < -0.3 is 15.4 Å². The molecule has 2 aliphatic rings. The Bertz CT molecular complexity index is 556. The zero-order valence-electron chi connectivity index (χ0n) is 13.9. The fourth-order valence-electron chi connectivity index (χ4n) is 3.28. The highest BCUT2D eigenvalue weighted by molar-refractivity contribution is 5.76. The molecule has 0 bridgehead atoms. The number of rotatable bonds is 6. The molecule has 6 heteroatoms. The second-order valence-electron chi connectivity index (χ2n) is 6.54. The number of alkyl carbamates (subject to hydrolysis) is 1. The summed E-state index contributed by atoms with van der Waals surface area (Å²) >= 11 is 0. The minimum absolute atomic E-state index is 0.0467. The molecule has 1 aromatic rings. The lowest BCUT2D eigenvalue weighted by Crippen LogP contribution is -2.46. The molecule has 0 saturated carbocycles. The van der Waals surface area contributed by atoms with E-state index in [0.717, 1.165) is 38.9 Å².